The summed E-state index contributed by atoms with van der Waals surface area (Å²) in [6.45, 7) is 5.51. The fourth-order valence-electron chi connectivity index (χ4n) is 2.45. The van der Waals surface area contributed by atoms with Gasteiger partial charge in [-0.25, -0.2) is 0 Å². The van der Waals surface area contributed by atoms with E-state index in [9.17, 15) is 24.0 Å². The highest BCUT2D eigenvalue weighted by Gasteiger charge is 2.52. The van der Waals surface area contributed by atoms with Crippen LogP contribution in [0.25, 0.3) is 0 Å². The Labute approximate surface area is 160 Å². The first kappa shape index (κ1) is 22.9. The molecule has 0 aromatic carbocycles. The summed E-state index contributed by atoms with van der Waals surface area (Å²) in [6, 6.07) is 0. The molecule has 5 atom stereocenters. The molecule has 1 fully saturated rings. The summed E-state index contributed by atoms with van der Waals surface area (Å²) in [4.78, 5) is 57.3. The molecule has 1 saturated heterocycles. The average molecular weight is 406 g/mol. The number of esters is 4. The Bertz CT molecular complexity index is 604. The van der Waals surface area contributed by atoms with Crippen molar-refractivity contribution in [2.24, 2.45) is 0 Å². The smallest absolute Gasteiger partial charge is 0.303 e. The van der Waals surface area contributed by atoms with Crippen LogP contribution in [0.15, 0.2) is 0 Å². The molecule has 1 aliphatic heterocycles. The molecule has 11 heteroatoms. The predicted octanol–water partition coefficient (Wildman–Crippen LogP) is 0.349. The van der Waals surface area contributed by atoms with E-state index in [0.29, 0.717) is 11.8 Å². The monoisotopic (exact) mass is 406 g/mol. The molecular weight excluding hydrogens is 384 g/mol. The summed E-state index contributed by atoms with van der Waals surface area (Å²) in [7, 11) is 0. The van der Waals surface area contributed by atoms with Gasteiger partial charge in [0.1, 0.15) is 12.7 Å². The normalized spacial score (nSPS) is 27.2. The van der Waals surface area contributed by atoms with E-state index < -0.39 is 53.7 Å². The van der Waals surface area contributed by atoms with Crippen molar-refractivity contribution in [3.8, 4) is 0 Å². The van der Waals surface area contributed by atoms with Gasteiger partial charge < -0.3 is 23.7 Å². The van der Waals surface area contributed by atoms with E-state index in [4.69, 9.17) is 23.7 Å². The van der Waals surface area contributed by atoms with Crippen molar-refractivity contribution in [1.29, 1.82) is 0 Å². The number of hydrogen-bond acceptors (Lipinski definition) is 11. The van der Waals surface area contributed by atoms with Crippen LogP contribution in [0.2, 0.25) is 0 Å². The van der Waals surface area contributed by atoms with Crippen LogP contribution in [0.3, 0.4) is 0 Å². The molecule has 0 radical (unpaired) electrons. The Balaban J connectivity index is 3.29. The van der Waals surface area contributed by atoms with Crippen molar-refractivity contribution in [2.45, 2.75) is 64.5 Å². The van der Waals surface area contributed by atoms with E-state index in [-0.39, 0.29) is 11.7 Å². The highest BCUT2D eigenvalue weighted by molar-refractivity contribution is 8.14. The van der Waals surface area contributed by atoms with Crippen molar-refractivity contribution in [3.63, 3.8) is 0 Å². The van der Waals surface area contributed by atoms with Crippen LogP contribution in [0.1, 0.15) is 34.6 Å². The third kappa shape index (κ3) is 7.55. The van der Waals surface area contributed by atoms with Gasteiger partial charge in [0.25, 0.3) is 0 Å². The van der Waals surface area contributed by atoms with Crippen molar-refractivity contribution in [3.05, 3.63) is 0 Å². The standard InChI is InChI=1S/C16H22O10S/c1-7(17)22-6-12-13(23-8(2)18)14(24-9(3)19)15(25-10(4)20)16(26-12)27-11(5)21/h12-16H,6H2,1-5H3/t12?,13-,14?,15?,16+/m1/s1. The van der Waals surface area contributed by atoms with Gasteiger partial charge in [-0.15, -0.1) is 0 Å². The van der Waals surface area contributed by atoms with Crippen molar-refractivity contribution >= 4 is 40.8 Å². The predicted molar refractivity (Wildman–Crippen MR) is 90.2 cm³/mol. The highest BCUT2D eigenvalue weighted by atomic mass is 32.2. The third-order valence-electron chi connectivity index (χ3n) is 3.23. The molecule has 0 aromatic heterocycles. The number of carbonyl (C=O) groups is 5. The average Bonchev–Trinajstić information content (AvgIpc) is 2.49. The first-order valence-corrected chi connectivity index (χ1v) is 8.87. The van der Waals surface area contributed by atoms with Gasteiger partial charge in [0.05, 0.1) is 0 Å². The summed E-state index contributed by atoms with van der Waals surface area (Å²) >= 11 is 0.705. The molecular formula is C16H22O10S. The zero-order valence-corrected chi connectivity index (χ0v) is 16.4. The maximum atomic E-state index is 11.6. The van der Waals surface area contributed by atoms with E-state index in [2.05, 4.69) is 0 Å². The second-order valence-electron chi connectivity index (χ2n) is 5.68. The van der Waals surface area contributed by atoms with Gasteiger partial charge in [-0.1, -0.05) is 11.8 Å². The molecule has 0 N–H and O–H groups in total. The lowest BCUT2D eigenvalue weighted by molar-refractivity contribution is -0.237. The van der Waals surface area contributed by atoms with Crippen LogP contribution in [-0.4, -0.2) is 65.5 Å². The summed E-state index contributed by atoms with van der Waals surface area (Å²) in [5.41, 5.74) is -1.07. The highest BCUT2D eigenvalue weighted by Crippen LogP contribution is 2.34. The molecule has 10 nitrogen and oxygen atoms in total. The van der Waals surface area contributed by atoms with Crippen LogP contribution in [0.5, 0.6) is 0 Å². The lowest BCUT2D eigenvalue weighted by atomic mass is 9.99. The lowest BCUT2D eigenvalue weighted by Gasteiger charge is -2.43. The molecule has 152 valence electrons. The molecule has 1 rings (SSSR count). The van der Waals surface area contributed by atoms with Crippen molar-refractivity contribution in [2.75, 3.05) is 6.61 Å². The SMILES string of the molecule is CC(=O)OCC1O[C@@H](SC(C)=O)C(OC(C)=O)C(OC(C)=O)[C@@H]1OC(C)=O. The van der Waals surface area contributed by atoms with E-state index in [0.717, 1.165) is 20.8 Å². The quantitative estimate of drug-likeness (QED) is 0.447. The third-order valence-corrected chi connectivity index (χ3v) is 4.17. The molecule has 0 amide bonds. The number of rotatable bonds is 6. The number of carbonyl (C=O) groups excluding carboxylic acids is 5. The molecule has 0 spiro atoms. The fourth-order valence-corrected chi connectivity index (χ4v) is 3.32. The van der Waals surface area contributed by atoms with Crippen LogP contribution in [0, 0.1) is 0 Å². The van der Waals surface area contributed by atoms with Crippen LogP contribution in [-0.2, 0) is 47.7 Å². The van der Waals surface area contributed by atoms with Gasteiger partial charge in [0, 0.05) is 34.6 Å². The van der Waals surface area contributed by atoms with E-state index in [1.54, 1.807) is 0 Å². The van der Waals surface area contributed by atoms with Crippen LogP contribution < -0.4 is 0 Å². The van der Waals surface area contributed by atoms with E-state index in [1.165, 1.54) is 13.8 Å². The molecule has 0 aromatic rings. The van der Waals surface area contributed by atoms with Gasteiger partial charge >= 0.3 is 23.9 Å². The summed E-state index contributed by atoms with van der Waals surface area (Å²) < 4.78 is 26.2. The first-order valence-electron chi connectivity index (χ1n) is 7.99. The Hall–Kier alpha value is -2.14. The summed E-state index contributed by atoms with van der Waals surface area (Å²) in [5.74, 6) is -2.76. The topological polar surface area (TPSA) is 132 Å². The molecule has 1 heterocycles. The molecule has 27 heavy (non-hydrogen) atoms. The second-order valence-corrected chi connectivity index (χ2v) is 6.95. The zero-order valence-electron chi connectivity index (χ0n) is 15.6. The Morgan fingerprint density at radius 2 is 1.22 bits per heavy atom. The fraction of sp³-hybridized carbons (Fsp3) is 0.688. The molecule has 3 unspecified atom stereocenters. The number of ether oxygens (including phenoxy) is 5. The maximum absolute atomic E-state index is 11.6. The summed E-state index contributed by atoms with van der Waals surface area (Å²) in [6.07, 6.45) is -4.76. The van der Waals surface area contributed by atoms with E-state index in [1.807, 2.05) is 0 Å². The molecule has 0 saturated carbocycles. The Morgan fingerprint density at radius 3 is 1.67 bits per heavy atom. The Morgan fingerprint density at radius 1 is 0.741 bits per heavy atom. The van der Waals surface area contributed by atoms with E-state index >= 15 is 0 Å². The maximum Gasteiger partial charge on any atom is 0.303 e. The van der Waals surface area contributed by atoms with Gasteiger partial charge in [0.2, 0.25) is 0 Å². The first-order chi connectivity index (χ1) is 12.5. The lowest BCUT2D eigenvalue weighted by Crippen LogP contribution is -2.61. The second kappa shape index (κ2) is 10.3. The Kier molecular flexibility index (Phi) is 8.70. The van der Waals surface area contributed by atoms with Gasteiger partial charge in [0.15, 0.2) is 28.9 Å². The molecule has 0 bridgehead atoms. The van der Waals surface area contributed by atoms with Crippen LogP contribution >= 0.6 is 11.8 Å². The van der Waals surface area contributed by atoms with Crippen LogP contribution in [0.4, 0.5) is 0 Å². The van der Waals surface area contributed by atoms with Crippen molar-refractivity contribution < 1.29 is 47.7 Å². The van der Waals surface area contributed by atoms with Gasteiger partial charge in [-0.3, -0.25) is 24.0 Å². The largest absolute Gasteiger partial charge is 0.463 e. The zero-order chi connectivity index (χ0) is 20.7. The van der Waals surface area contributed by atoms with Gasteiger partial charge in [-0.2, -0.15) is 0 Å². The van der Waals surface area contributed by atoms with Gasteiger partial charge in [-0.05, 0) is 0 Å². The number of thioether (sulfide) groups is 1. The molecule has 0 aliphatic carbocycles. The minimum Gasteiger partial charge on any atom is -0.463 e. The minimum atomic E-state index is -1.26. The van der Waals surface area contributed by atoms with Crippen molar-refractivity contribution in [1.82, 2.24) is 0 Å². The molecule has 1 aliphatic rings. The summed E-state index contributed by atoms with van der Waals surface area (Å²) in [5, 5.41) is -0.351. The number of hydrogen-bond donors (Lipinski definition) is 0. The minimum absolute atomic E-state index is 0.327.